The molecule has 0 aromatic rings. The average molecular weight is 278 g/mol. The maximum absolute atomic E-state index is 11.8. The van der Waals surface area contributed by atoms with Crippen molar-refractivity contribution in [1.82, 2.24) is 0 Å². The standard InChI is InChI=1S/C18H30O2/c1-16(2)10-15(17(3,4)20-16)18(19)13-6-11-5-12(8-13)9-14(18)7-11/h11-15,19H,5-10H2,1-4H3. The number of aliphatic hydroxyl groups is 1. The lowest BCUT2D eigenvalue weighted by Crippen LogP contribution is -2.64. The Morgan fingerprint density at radius 3 is 1.75 bits per heavy atom. The van der Waals surface area contributed by atoms with Crippen LogP contribution in [0.3, 0.4) is 0 Å². The van der Waals surface area contributed by atoms with Gasteiger partial charge >= 0.3 is 0 Å². The maximum Gasteiger partial charge on any atom is 0.0760 e. The molecule has 1 unspecified atom stereocenters. The zero-order chi connectivity index (χ0) is 14.3. The summed E-state index contributed by atoms with van der Waals surface area (Å²) in [6.45, 7) is 8.78. The highest BCUT2D eigenvalue weighted by atomic mass is 16.5. The first-order chi connectivity index (χ1) is 9.21. The topological polar surface area (TPSA) is 29.5 Å². The molecule has 0 aromatic carbocycles. The average Bonchev–Trinajstić information content (AvgIpc) is 2.53. The minimum absolute atomic E-state index is 0.0848. The first-order valence-electron chi connectivity index (χ1n) is 8.63. The maximum atomic E-state index is 11.8. The first-order valence-corrected chi connectivity index (χ1v) is 8.63. The van der Waals surface area contributed by atoms with Gasteiger partial charge in [-0.1, -0.05) is 0 Å². The van der Waals surface area contributed by atoms with Gasteiger partial charge in [0.05, 0.1) is 16.8 Å². The summed E-state index contributed by atoms with van der Waals surface area (Å²) in [5.74, 6) is 3.22. The van der Waals surface area contributed by atoms with Crippen molar-refractivity contribution in [2.75, 3.05) is 0 Å². The molecule has 0 radical (unpaired) electrons. The molecule has 4 saturated carbocycles. The summed E-state index contributed by atoms with van der Waals surface area (Å²) in [6.07, 6.45) is 7.55. The van der Waals surface area contributed by atoms with E-state index >= 15 is 0 Å². The van der Waals surface area contributed by atoms with Crippen LogP contribution in [0.1, 0.15) is 66.2 Å². The molecular formula is C18H30O2. The number of hydrogen-bond acceptors (Lipinski definition) is 2. The van der Waals surface area contributed by atoms with Gasteiger partial charge in [-0.25, -0.2) is 0 Å². The van der Waals surface area contributed by atoms with Crippen molar-refractivity contribution in [1.29, 1.82) is 0 Å². The van der Waals surface area contributed by atoms with Crippen molar-refractivity contribution in [2.45, 2.75) is 83.0 Å². The molecule has 1 atom stereocenters. The summed E-state index contributed by atoms with van der Waals surface area (Å²) < 4.78 is 6.31. The highest BCUT2D eigenvalue weighted by Gasteiger charge is 2.65. The highest BCUT2D eigenvalue weighted by molar-refractivity contribution is 5.14. The van der Waals surface area contributed by atoms with Gasteiger partial charge in [0, 0.05) is 5.92 Å². The minimum atomic E-state index is -0.454. The molecule has 1 aliphatic heterocycles. The normalized spacial score (nSPS) is 55.4. The van der Waals surface area contributed by atoms with E-state index in [0.717, 1.165) is 18.3 Å². The lowest BCUT2D eigenvalue weighted by molar-refractivity contribution is -0.222. The quantitative estimate of drug-likeness (QED) is 0.791. The molecule has 4 aliphatic carbocycles. The molecule has 20 heavy (non-hydrogen) atoms. The van der Waals surface area contributed by atoms with E-state index in [9.17, 15) is 5.11 Å². The van der Waals surface area contributed by atoms with E-state index in [1.54, 1.807) is 0 Å². The smallest absolute Gasteiger partial charge is 0.0760 e. The Labute approximate surface area is 123 Å². The third-order valence-corrected chi connectivity index (χ3v) is 7.08. The molecule has 1 N–H and O–H groups in total. The molecule has 5 rings (SSSR count). The van der Waals surface area contributed by atoms with Crippen molar-refractivity contribution in [2.24, 2.45) is 29.6 Å². The van der Waals surface area contributed by atoms with E-state index < -0.39 is 5.60 Å². The fraction of sp³-hybridized carbons (Fsp3) is 1.00. The van der Waals surface area contributed by atoms with Crippen LogP contribution in [-0.2, 0) is 4.74 Å². The molecule has 5 aliphatic rings. The third kappa shape index (κ3) is 1.70. The van der Waals surface area contributed by atoms with Crippen LogP contribution in [-0.4, -0.2) is 21.9 Å². The van der Waals surface area contributed by atoms with Crippen molar-refractivity contribution >= 4 is 0 Å². The van der Waals surface area contributed by atoms with Crippen LogP contribution < -0.4 is 0 Å². The molecule has 114 valence electrons. The van der Waals surface area contributed by atoms with E-state index in [0.29, 0.717) is 17.8 Å². The third-order valence-electron chi connectivity index (χ3n) is 7.08. The van der Waals surface area contributed by atoms with Crippen LogP contribution in [0.5, 0.6) is 0 Å². The van der Waals surface area contributed by atoms with Crippen molar-refractivity contribution in [3.63, 3.8) is 0 Å². The molecular weight excluding hydrogens is 248 g/mol. The molecule has 0 amide bonds. The molecule has 2 nitrogen and oxygen atoms in total. The number of hydrogen-bond donors (Lipinski definition) is 1. The van der Waals surface area contributed by atoms with Gasteiger partial charge in [-0.2, -0.15) is 0 Å². The zero-order valence-electron chi connectivity index (χ0n) is 13.5. The summed E-state index contributed by atoms with van der Waals surface area (Å²) in [5.41, 5.74) is -0.725. The highest BCUT2D eigenvalue weighted by Crippen LogP contribution is 2.64. The Morgan fingerprint density at radius 1 is 0.850 bits per heavy atom. The van der Waals surface area contributed by atoms with Crippen molar-refractivity contribution in [3.8, 4) is 0 Å². The van der Waals surface area contributed by atoms with Crippen molar-refractivity contribution in [3.05, 3.63) is 0 Å². The van der Waals surface area contributed by atoms with Crippen LogP contribution in [0.25, 0.3) is 0 Å². The molecule has 4 bridgehead atoms. The van der Waals surface area contributed by atoms with Gasteiger partial charge in [0.15, 0.2) is 0 Å². The van der Waals surface area contributed by atoms with E-state index in [4.69, 9.17) is 4.74 Å². The van der Waals surface area contributed by atoms with Crippen LogP contribution in [0.4, 0.5) is 0 Å². The second kappa shape index (κ2) is 3.81. The Bertz CT molecular complexity index is 395. The fourth-order valence-corrected chi connectivity index (χ4v) is 6.79. The van der Waals surface area contributed by atoms with Gasteiger partial charge < -0.3 is 9.84 Å². The van der Waals surface area contributed by atoms with Gasteiger partial charge in [0.1, 0.15) is 0 Å². The van der Waals surface area contributed by atoms with E-state index in [1.807, 2.05) is 0 Å². The molecule has 1 heterocycles. The number of ether oxygens (including phenoxy) is 1. The van der Waals surface area contributed by atoms with Crippen LogP contribution in [0.2, 0.25) is 0 Å². The van der Waals surface area contributed by atoms with Gasteiger partial charge in [-0.15, -0.1) is 0 Å². The first kappa shape index (κ1) is 13.6. The van der Waals surface area contributed by atoms with Gasteiger partial charge in [-0.05, 0) is 89.9 Å². The molecule has 0 spiro atoms. The van der Waals surface area contributed by atoms with E-state index in [-0.39, 0.29) is 11.2 Å². The Hall–Kier alpha value is -0.0800. The molecule has 2 heteroatoms. The Morgan fingerprint density at radius 2 is 1.35 bits per heavy atom. The molecule has 1 saturated heterocycles. The minimum Gasteiger partial charge on any atom is -0.389 e. The SMILES string of the molecule is CC1(C)CC(C2(O)C3CC4CC(C3)CC2C4)C(C)(C)O1. The predicted octanol–water partition coefficient (Wildman–Crippen LogP) is 3.77. The monoisotopic (exact) mass is 278 g/mol. The van der Waals surface area contributed by atoms with Crippen molar-refractivity contribution < 1.29 is 9.84 Å². The summed E-state index contributed by atoms with van der Waals surface area (Å²) in [5, 5.41) is 11.8. The summed E-state index contributed by atoms with van der Waals surface area (Å²) in [7, 11) is 0. The van der Waals surface area contributed by atoms with Gasteiger partial charge in [-0.3, -0.25) is 0 Å². The predicted molar refractivity (Wildman–Crippen MR) is 79.3 cm³/mol. The molecule has 5 fully saturated rings. The van der Waals surface area contributed by atoms with Crippen LogP contribution in [0, 0.1) is 29.6 Å². The zero-order valence-corrected chi connectivity index (χ0v) is 13.5. The van der Waals surface area contributed by atoms with E-state index in [2.05, 4.69) is 27.7 Å². The summed E-state index contributed by atoms with van der Waals surface area (Å²) in [6, 6.07) is 0. The Balaban J connectivity index is 1.70. The summed E-state index contributed by atoms with van der Waals surface area (Å²) >= 11 is 0. The summed E-state index contributed by atoms with van der Waals surface area (Å²) in [4.78, 5) is 0. The second-order valence-corrected chi connectivity index (χ2v) is 9.41. The second-order valence-electron chi connectivity index (χ2n) is 9.41. The molecule has 0 aromatic heterocycles. The lowest BCUT2D eigenvalue weighted by Gasteiger charge is -2.62. The fourth-order valence-electron chi connectivity index (χ4n) is 6.79. The van der Waals surface area contributed by atoms with E-state index in [1.165, 1.54) is 32.1 Å². The van der Waals surface area contributed by atoms with Crippen LogP contribution >= 0.6 is 0 Å². The number of rotatable bonds is 1. The van der Waals surface area contributed by atoms with Crippen LogP contribution in [0.15, 0.2) is 0 Å². The Kier molecular flexibility index (Phi) is 2.59. The van der Waals surface area contributed by atoms with Gasteiger partial charge in [0.25, 0.3) is 0 Å². The van der Waals surface area contributed by atoms with Gasteiger partial charge in [0.2, 0.25) is 0 Å². The largest absolute Gasteiger partial charge is 0.389 e. The lowest BCUT2D eigenvalue weighted by atomic mass is 9.46.